The first-order valence-electron chi connectivity index (χ1n) is 9.69. The summed E-state index contributed by atoms with van der Waals surface area (Å²) >= 11 is 0. The van der Waals surface area contributed by atoms with Crippen molar-refractivity contribution < 1.29 is 4.74 Å². The molecule has 2 heteroatoms. The largest absolute Gasteiger partial charge is 0.381 e. The molecular formula is C19H39NO. The van der Waals surface area contributed by atoms with Crippen LogP contribution in [0.1, 0.15) is 90.9 Å². The van der Waals surface area contributed by atoms with Crippen LogP contribution in [0.2, 0.25) is 0 Å². The van der Waals surface area contributed by atoms with E-state index in [1.54, 1.807) is 0 Å². The van der Waals surface area contributed by atoms with Gasteiger partial charge in [0.05, 0.1) is 6.61 Å². The number of unbranched alkanes of at least 4 members (excludes halogenated alkanes) is 7. The van der Waals surface area contributed by atoms with Gasteiger partial charge in [-0.2, -0.15) is 0 Å². The van der Waals surface area contributed by atoms with E-state index >= 15 is 0 Å². The Bertz CT molecular complexity index is 214. The number of hydrogen-bond donors (Lipinski definition) is 1. The lowest BCUT2D eigenvalue weighted by Crippen LogP contribution is -2.40. The third-order valence-electron chi connectivity index (χ3n) is 4.79. The molecule has 0 radical (unpaired) electrons. The molecule has 1 N–H and O–H groups in total. The average molecular weight is 298 g/mol. The van der Waals surface area contributed by atoms with Gasteiger partial charge in [0.15, 0.2) is 0 Å². The molecule has 1 fully saturated rings. The summed E-state index contributed by atoms with van der Waals surface area (Å²) in [5.74, 6) is 0.759. The minimum atomic E-state index is 0.699. The molecule has 126 valence electrons. The maximum atomic E-state index is 5.69. The van der Waals surface area contributed by atoms with Crippen molar-refractivity contribution in [1.29, 1.82) is 0 Å². The molecular weight excluding hydrogens is 258 g/mol. The minimum absolute atomic E-state index is 0.699. The van der Waals surface area contributed by atoms with E-state index in [1.165, 1.54) is 77.0 Å². The molecule has 1 heterocycles. The molecule has 0 spiro atoms. The van der Waals surface area contributed by atoms with Gasteiger partial charge < -0.3 is 10.1 Å². The molecule has 2 unspecified atom stereocenters. The monoisotopic (exact) mass is 297 g/mol. The number of rotatable bonds is 13. The third kappa shape index (κ3) is 9.52. The van der Waals surface area contributed by atoms with Gasteiger partial charge in [-0.25, -0.2) is 0 Å². The Hall–Kier alpha value is -0.0800. The highest BCUT2D eigenvalue weighted by Crippen LogP contribution is 2.22. The van der Waals surface area contributed by atoms with Crippen molar-refractivity contribution in [1.82, 2.24) is 5.32 Å². The van der Waals surface area contributed by atoms with Crippen LogP contribution >= 0.6 is 0 Å². The quantitative estimate of drug-likeness (QED) is 0.465. The second kappa shape index (κ2) is 13.6. The fraction of sp³-hybridized carbons (Fsp3) is 1.00. The van der Waals surface area contributed by atoms with Crippen LogP contribution in [0.3, 0.4) is 0 Å². The lowest BCUT2D eigenvalue weighted by atomic mass is 9.89. The zero-order valence-electron chi connectivity index (χ0n) is 14.7. The molecule has 0 amide bonds. The highest BCUT2D eigenvalue weighted by Gasteiger charge is 2.23. The van der Waals surface area contributed by atoms with E-state index in [1.807, 2.05) is 0 Å². The van der Waals surface area contributed by atoms with Crippen LogP contribution in [0.5, 0.6) is 0 Å². The fourth-order valence-electron chi connectivity index (χ4n) is 3.42. The summed E-state index contributed by atoms with van der Waals surface area (Å²) in [6.45, 7) is 7.68. The first kappa shape index (κ1) is 19.0. The van der Waals surface area contributed by atoms with E-state index < -0.39 is 0 Å². The summed E-state index contributed by atoms with van der Waals surface area (Å²) in [5.41, 5.74) is 0. The van der Waals surface area contributed by atoms with Gasteiger partial charge in [0.25, 0.3) is 0 Å². The average Bonchev–Trinajstić information content (AvgIpc) is 2.53. The Morgan fingerprint density at radius 1 is 0.952 bits per heavy atom. The van der Waals surface area contributed by atoms with Crippen LogP contribution in [0.25, 0.3) is 0 Å². The molecule has 0 aromatic carbocycles. The predicted octanol–water partition coefficient (Wildman–Crippen LogP) is 5.31. The van der Waals surface area contributed by atoms with Crippen molar-refractivity contribution in [2.45, 2.75) is 96.9 Å². The van der Waals surface area contributed by atoms with Crippen LogP contribution in [-0.2, 0) is 4.74 Å². The van der Waals surface area contributed by atoms with Crippen molar-refractivity contribution in [3.8, 4) is 0 Å². The van der Waals surface area contributed by atoms with Gasteiger partial charge in [-0.3, -0.25) is 0 Å². The molecule has 0 saturated carbocycles. The van der Waals surface area contributed by atoms with Crippen molar-refractivity contribution in [3.63, 3.8) is 0 Å². The van der Waals surface area contributed by atoms with E-state index in [9.17, 15) is 0 Å². The summed E-state index contributed by atoms with van der Waals surface area (Å²) in [4.78, 5) is 0. The van der Waals surface area contributed by atoms with Crippen LogP contribution < -0.4 is 5.32 Å². The SMILES string of the molecule is CCCCCCCCCCC(NCCC)C1CCCOC1. The highest BCUT2D eigenvalue weighted by atomic mass is 16.5. The molecule has 1 aliphatic heterocycles. The van der Waals surface area contributed by atoms with Gasteiger partial charge in [-0.15, -0.1) is 0 Å². The maximum Gasteiger partial charge on any atom is 0.0509 e. The normalized spacial score (nSPS) is 20.6. The molecule has 1 aliphatic rings. The van der Waals surface area contributed by atoms with Crippen molar-refractivity contribution in [2.24, 2.45) is 5.92 Å². The molecule has 0 bridgehead atoms. The van der Waals surface area contributed by atoms with Gasteiger partial charge in [0, 0.05) is 12.6 Å². The first-order chi connectivity index (χ1) is 10.4. The Morgan fingerprint density at radius 2 is 1.67 bits per heavy atom. The van der Waals surface area contributed by atoms with E-state index in [0.29, 0.717) is 6.04 Å². The molecule has 2 nitrogen and oxygen atoms in total. The van der Waals surface area contributed by atoms with Crippen LogP contribution in [0.4, 0.5) is 0 Å². The van der Waals surface area contributed by atoms with Crippen molar-refractivity contribution in [2.75, 3.05) is 19.8 Å². The molecule has 0 aromatic heterocycles. The molecule has 1 saturated heterocycles. The van der Waals surface area contributed by atoms with Gasteiger partial charge in [0.2, 0.25) is 0 Å². The predicted molar refractivity (Wildman–Crippen MR) is 92.9 cm³/mol. The molecule has 0 aliphatic carbocycles. The number of hydrogen-bond acceptors (Lipinski definition) is 2. The van der Waals surface area contributed by atoms with Gasteiger partial charge in [-0.05, 0) is 38.1 Å². The summed E-state index contributed by atoms with van der Waals surface area (Å²) in [5, 5.41) is 3.78. The molecule has 0 aromatic rings. The Kier molecular flexibility index (Phi) is 12.3. The minimum Gasteiger partial charge on any atom is -0.381 e. The second-order valence-corrected chi connectivity index (χ2v) is 6.80. The second-order valence-electron chi connectivity index (χ2n) is 6.80. The van der Waals surface area contributed by atoms with Crippen LogP contribution in [0.15, 0.2) is 0 Å². The summed E-state index contributed by atoms with van der Waals surface area (Å²) < 4.78 is 5.69. The number of ether oxygens (including phenoxy) is 1. The van der Waals surface area contributed by atoms with E-state index in [-0.39, 0.29) is 0 Å². The van der Waals surface area contributed by atoms with Gasteiger partial charge in [0.1, 0.15) is 0 Å². The van der Waals surface area contributed by atoms with Crippen molar-refractivity contribution >= 4 is 0 Å². The van der Waals surface area contributed by atoms with Crippen molar-refractivity contribution in [3.05, 3.63) is 0 Å². The van der Waals surface area contributed by atoms with Gasteiger partial charge >= 0.3 is 0 Å². The Morgan fingerprint density at radius 3 is 2.29 bits per heavy atom. The topological polar surface area (TPSA) is 21.3 Å². The standard InChI is InChI=1S/C19H39NO/c1-3-5-6-7-8-9-10-11-14-19(20-15-4-2)18-13-12-16-21-17-18/h18-20H,3-17H2,1-2H3. The Balaban J connectivity index is 2.08. The Labute approximate surface area is 133 Å². The van der Waals surface area contributed by atoms with E-state index in [0.717, 1.165) is 25.7 Å². The maximum absolute atomic E-state index is 5.69. The van der Waals surface area contributed by atoms with Crippen LogP contribution in [-0.4, -0.2) is 25.8 Å². The smallest absolute Gasteiger partial charge is 0.0509 e. The zero-order chi connectivity index (χ0) is 15.2. The lowest BCUT2D eigenvalue weighted by Gasteiger charge is -2.31. The molecule has 2 atom stereocenters. The third-order valence-corrected chi connectivity index (χ3v) is 4.79. The zero-order valence-corrected chi connectivity index (χ0v) is 14.7. The highest BCUT2D eigenvalue weighted by molar-refractivity contribution is 4.78. The first-order valence-corrected chi connectivity index (χ1v) is 9.69. The summed E-state index contributed by atoms with van der Waals surface area (Å²) in [6.07, 6.45) is 16.6. The van der Waals surface area contributed by atoms with Gasteiger partial charge in [-0.1, -0.05) is 65.2 Å². The van der Waals surface area contributed by atoms with E-state index in [4.69, 9.17) is 4.74 Å². The molecule has 21 heavy (non-hydrogen) atoms. The summed E-state index contributed by atoms with van der Waals surface area (Å²) in [6, 6.07) is 0.699. The number of nitrogens with one attached hydrogen (secondary N) is 1. The fourth-order valence-corrected chi connectivity index (χ4v) is 3.42. The molecule has 1 rings (SSSR count). The van der Waals surface area contributed by atoms with E-state index in [2.05, 4.69) is 19.2 Å². The van der Waals surface area contributed by atoms with Crippen LogP contribution in [0, 0.1) is 5.92 Å². The summed E-state index contributed by atoms with van der Waals surface area (Å²) in [7, 11) is 0. The lowest BCUT2D eigenvalue weighted by molar-refractivity contribution is 0.0375.